The molecule has 1 amide bonds. The third-order valence-electron chi connectivity index (χ3n) is 3.47. The van der Waals surface area contributed by atoms with Crippen LogP contribution in [0.5, 0.6) is 0 Å². The highest BCUT2D eigenvalue weighted by Crippen LogP contribution is 2.14. The second-order valence-corrected chi connectivity index (χ2v) is 5.49. The monoisotopic (exact) mass is 307 g/mol. The zero-order valence-electron chi connectivity index (χ0n) is 13.5. The fraction of sp³-hybridized carbons (Fsp3) is 0.562. The first-order valence-corrected chi connectivity index (χ1v) is 7.71. The Morgan fingerprint density at radius 3 is 2.73 bits per heavy atom. The summed E-state index contributed by atoms with van der Waals surface area (Å²) in [6, 6.07) is 6.71. The maximum Gasteiger partial charge on any atom is 0.269 e. The minimum absolute atomic E-state index is 0.00627. The predicted octanol–water partition coefficient (Wildman–Crippen LogP) is 2.72. The molecule has 0 saturated heterocycles. The number of non-ortho nitro benzene ring substituents is 1. The van der Waals surface area contributed by atoms with Crippen molar-refractivity contribution in [2.75, 3.05) is 13.1 Å². The van der Waals surface area contributed by atoms with Crippen LogP contribution in [0.2, 0.25) is 0 Å². The molecule has 0 aliphatic heterocycles. The van der Waals surface area contributed by atoms with Gasteiger partial charge >= 0.3 is 0 Å². The normalized spacial score (nSPS) is 12.2. The van der Waals surface area contributed by atoms with E-state index in [9.17, 15) is 14.9 Å². The highest BCUT2D eigenvalue weighted by atomic mass is 16.6. The Bertz CT molecular complexity index is 505. The van der Waals surface area contributed by atoms with Crippen LogP contribution >= 0.6 is 0 Å². The summed E-state index contributed by atoms with van der Waals surface area (Å²) in [5.41, 5.74) is 0.917. The van der Waals surface area contributed by atoms with E-state index in [-0.39, 0.29) is 17.6 Å². The molecule has 1 N–H and O–H groups in total. The van der Waals surface area contributed by atoms with Crippen molar-refractivity contribution in [2.24, 2.45) is 0 Å². The van der Waals surface area contributed by atoms with Crippen molar-refractivity contribution in [3.63, 3.8) is 0 Å². The number of carbonyl (C=O) groups is 1. The molecule has 0 aliphatic rings. The van der Waals surface area contributed by atoms with Gasteiger partial charge in [-0.25, -0.2) is 0 Å². The van der Waals surface area contributed by atoms with Crippen molar-refractivity contribution in [1.82, 2.24) is 10.2 Å². The Hall–Kier alpha value is -1.95. The average molecular weight is 307 g/mol. The molecular formula is C16H25N3O3. The number of hydrogen-bond donors (Lipinski definition) is 1. The van der Waals surface area contributed by atoms with E-state index in [1.807, 2.05) is 24.8 Å². The molecule has 22 heavy (non-hydrogen) atoms. The summed E-state index contributed by atoms with van der Waals surface area (Å²) in [5, 5.41) is 13.8. The van der Waals surface area contributed by atoms with Crippen molar-refractivity contribution in [1.29, 1.82) is 0 Å². The van der Waals surface area contributed by atoms with Gasteiger partial charge in [-0.1, -0.05) is 32.4 Å². The van der Waals surface area contributed by atoms with Crippen LogP contribution in [0.25, 0.3) is 0 Å². The Morgan fingerprint density at radius 1 is 1.41 bits per heavy atom. The second kappa shape index (κ2) is 9.15. The molecule has 1 atom stereocenters. The van der Waals surface area contributed by atoms with Gasteiger partial charge in [-0.3, -0.25) is 19.8 Å². The van der Waals surface area contributed by atoms with Crippen molar-refractivity contribution in [2.45, 2.75) is 46.2 Å². The zero-order valence-corrected chi connectivity index (χ0v) is 13.5. The van der Waals surface area contributed by atoms with Gasteiger partial charge in [0.1, 0.15) is 0 Å². The maximum atomic E-state index is 12.0. The van der Waals surface area contributed by atoms with Crippen LogP contribution in [0.4, 0.5) is 5.69 Å². The molecule has 0 bridgehead atoms. The van der Waals surface area contributed by atoms with Crippen LogP contribution in [0.15, 0.2) is 24.3 Å². The van der Waals surface area contributed by atoms with Crippen LogP contribution in [0.1, 0.15) is 39.2 Å². The molecular weight excluding hydrogens is 282 g/mol. The summed E-state index contributed by atoms with van der Waals surface area (Å²) in [6.07, 6.45) is 2.00. The molecule has 0 fully saturated rings. The molecule has 6 nitrogen and oxygen atoms in total. The molecule has 1 unspecified atom stereocenters. The third-order valence-corrected chi connectivity index (χ3v) is 3.47. The minimum atomic E-state index is -0.404. The van der Waals surface area contributed by atoms with Crippen LogP contribution in [0.3, 0.4) is 0 Å². The van der Waals surface area contributed by atoms with Crippen LogP contribution in [0, 0.1) is 10.1 Å². The average Bonchev–Trinajstić information content (AvgIpc) is 2.46. The summed E-state index contributed by atoms with van der Waals surface area (Å²) < 4.78 is 0. The first-order chi connectivity index (χ1) is 10.5. The number of likely N-dealkylation sites (N-methyl/N-ethyl adjacent to an activating group) is 1. The van der Waals surface area contributed by atoms with Gasteiger partial charge in [-0.2, -0.15) is 0 Å². The van der Waals surface area contributed by atoms with E-state index < -0.39 is 4.92 Å². The number of nitrogens with one attached hydrogen (secondary N) is 1. The lowest BCUT2D eigenvalue weighted by atomic mass is 10.2. The van der Waals surface area contributed by atoms with Gasteiger partial charge in [0.05, 0.1) is 11.5 Å². The lowest BCUT2D eigenvalue weighted by Gasteiger charge is -2.21. The Morgan fingerprint density at radius 2 is 2.14 bits per heavy atom. The summed E-state index contributed by atoms with van der Waals surface area (Å²) >= 11 is 0. The molecule has 0 saturated carbocycles. The standard InChI is InChI=1S/C16H25N3O3/c1-4-7-13(3)17-16(20)12-18(5-2)11-14-8-6-9-15(10-14)19(21)22/h6,8-10,13H,4-5,7,11-12H2,1-3H3,(H,17,20). The van der Waals surface area contributed by atoms with E-state index >= 15 is 0 Å². The molecule has 1 rings (SSSR count). The third kappa shape index (κ3) is 6.22. The predicted molar refractivity (Wildman–Crippen MR) is 86.6 cm³/mol. The van der Waals surface area contributed by atoms with Gasteiger partial charge in [-0.15, -0.1) is 0 Å². The highest BCUT2D eigenvalue weighted by molar-refractivity contribution is 5.78. The smallest absolute Gasteiger partial charge is 0.269 e. The van der Waals surface area contributed by atoms with Gasteiger partial charge in [-0.05, 0) is 25.5 Å². The molecule has 0 heterocycles. The van der Waals surface area contributed by atoms with Crippen LogP contribution < -0.4 is 5.32 Å². The first kappa shape index (κ1) is 18.1. The molecule has 1 aromatic rings. The Labute approximate surface area is 131 Å². The highest BCUT2D eigenvalue weighted by Gasteiger charge is 2.13. The van der Waals surface area contributed by atoms with Gasteiger partial charge in [0, 0.05) is 24.7 Å². The Kier molecular flexibility index (Phi) is 7.52. The number of benzene rings is 1. The van der Waals surface area contributed by atoms with Crippen LogP contribution in [-0.4, -0.2) is 34.9 Å². The number of nitrogens with zero attached hydrogens (tertiary/aromatic N) is 2. The fourth-order valence-corrected chi connectivity index (χ4v) is 2.33. The van der Waals surface area contributed by atoms with Crippen molar-refractivity contribution >= 4 is 11.6 Å². The number of carbonyl (C=O) groups excluding carboxylic acids is 1. The lowest BCUT2D eigenvalue weighted by Crippen LogP contribution is -2.40. The number of amides is 1. The van der Waals surface area contributed by atoms with Gasteiger partial charge in [0.15, 0.2) is 0 Å². The van der Waals surface area contributed by atoms with Gasteiger partial charge in [0.25, 0.3) is 5.69 Å². The topological polar surface area (TPSA) is 75.5 Å². The molecule has 0 aromatic heterocycles. The molecule has 0 aliphatic carbocycles. The SMILES string of the molecule is CCCC(C)NC(=O)CN(CC)Cc1cccc([N+](=O)[O-])c1. The summed E-state index contributed by atoms with van der Waals surface area (Å²) in [4.78, 5) is 24.4. The van der Waals surface area contributed by atoms with E-state index in [0.717, 1.165) is 18.4 Å². The van der Waals surface area contributed by atoms with Gasteiger partial charge < -0.3 is 5.32 Å². The summed E-state index contributed by atoms with van der Waals surface area (Å²) in [5.74, 6) is -0.00627. The van der Waals surface area contributed by atoms with E-state index in [2.05, 4.69) is 12.2 Å². The number of nitro groups is 1. The molecule has 0 spiro atoms. The minimum Gasteiger partial charge on any atom is -0.353 e. The summed E-state index contributed by atoms with van der Waals surface area (Å²) in [7, 11) is 0. The number of rotatable bonds is 9. The van der Waals surface area contributed by atoms with E-state index in [4.69, 9.17) is 0 Å². The lowest BCUT2D eigenvalue weighted by molar-refractivity contribution is -0.384. The van der Waals surface area contributed by atoms with E-state index in [1.54, 1.807) is 12.1 Å². The molecule has 6 heteroatoms. The van der Waals surface area contributed by atoms with Gasteiger partial charge in [0.2, 0.25) is 5.91 Å². The quantitative estimate of drug-likeness (QED) is 0.562. The zero-order chi connectivity index (χ0) is 16.5. The largest absolute Gasteiger partial charge is 0.353 e. The molecule has 0 radical (unpaired) electrons. The van der Waals surface area contributed by atoms with Crippen molar-refractivity contribution in [3.8, 4) is 0 Å². The van der Waals surface area contributed by atoms with E-state index in [1.165, 1.54) is 6.07 Å². The van der Waals surface area contributed by atoms with Crippen molar-refractivity contribution in [3.05, 3.63) is 39.9 Å². The molecule has 122 valence electrons. The van der Waals surface area contributed by atoms with E-state index in [0.29, 0.717) is 19.6 Å². The second-order valence-electron chi connectivity index (χ2n) is 5.49. The Balaban J connectivity index is 2.59. The number of hydrogen-bond acceptors (Lipinski definition) is 4. The fourth-order valence-electron chi connectivity index (χ4n) is 2.33. The summed E-state index contributed by atoms with van der Waals surface area (Å²) in [6.45, 7) is 7.58. The van der Waals surface area contributed by atoms with Crippen molar-refractivity contribution < 1.29 is 9.72 Å². The first-order valence-electron chi connectivity index (χ1n) is 7.71. The van der Waals surface area contributed by atoms with Crippen LogP contribution in [-0.2, 0) is 11.3 Å². The maximum absolute atomic E-state index is 12.0. The molecule has 1 aromatic carbocycles. The number of nitro benzene ring substituents is 1.